The van der Waals surface area contributed by atoms with E-state index in [4.69, 9.17) is 19.9 Å². The maximum atomic E-state index is 5.38. The predicted molar refractivity (Wildman–Crippen MR) is 504 cm³/mol. The number of benzene rings is 20. The molecule has 0 saturated carbocycles. The molecule has 20 aromatic carbocycles. The van der Waals surface area contributed by atoms with E-state index in [9.17, 15) is 0 Å². The SMILES string of the molecule is c1ccc(-c2cc(-c3ccccc3)cc(-c3nc(-c4ccc(-n5c6ccc7ccccc7c6c6c7ccc(-c8ccccc8)cc7ccc65)cc4)nc4ccccc34)c2)cc1.c1ccc(-c2ccc(-c3nc(-c4ccc(-n5c6ccc7ccccc7c6c6c7ccccc7c(-c7cccc8ccccc78)cc65)cc4)nc4ccccc34)cc2)cc1. The van der Waals surface area contributed by atoms with E-state index >= 15 is 0 Å². The van der Waals surface area contributed by atoms with Crippen molar-refractivity contribution >= 4 is 119 Å². The number of para-hydroxylation sites is 2. The van der Waals surface area contributed by atoms with Crippen LogP contribution in [-0.2, 0) is 0 Å². The molecule has 120 heavy (non-hydrogen) atoms. The summed E-state index contributed by atoms with van der Waals surface area (Å²) in [7, 11) is 0. The minimum atomic E-state index is 0.694. The van der Waals surface area contributed by atoms with Gasteiger partial charge in [0.2, 0.25) is 0 Å². The number of fused-ring (bicyclic) bond motifs is 17. The Morgan fingerprint density at radius 3 is 1.02 bits per heavy atom. The second-order valence-electron chi connectivity index (χ2n) is 31.1. The van der Waals surface area contributed by atoms with Crippen LogP contribution in [0.3, 0.4) is 0 Å². The number of aromatic nitrogens is 6. The summed E-state index contributed by atoms with van der Waals surface area (Å²) >= 11 is 0. The van der Waals surface area contributed by atoms with Crippen molar-refractivity contribution in [3.63, 3.8) is 0 Å². The molecule has 0 aliphatic rings. The Balaban J connectivity index is 0.000000140. The first-order valence-corrected chi connectivity index (χ1v) is 41.0. The lowest BCUT2D eigenvalue weighted by Crippen LogP contribution is -1.97. The van der Waals surface area contributed by atoms with Crippen LogP contribution in [0.4, 0.5) is 0 Å². The summed E-state index contributed by atoms with van der Waals surface area (Å²) in [5, 5.41) is 19.6. The maximum Gasteiger partial charge on any atom is 0.160 e. The van der Waals surface area contributed by atoms with Crippen LogP contribution in [0.5, 0.6) is 0 Å². The van der Waals surface area contributed by atoms with Gasteiger partial charge in [0.1, 0.15) is 0 Å². The van der Waals surface area contributed by atoms with E-state index < -0.39 is 0 Å². The van der Waals surface area contributed by atoms with E-state index in [-0.39, 0.29) is 0 Å². The third-order valence-electron chi connectivity index (χ3n) is 24.1. The fourth-order valence-electron chi connectivity index (χ4n) is 18.5. The summed E-state index contributed by atoms with van der Waals surface area (Å²) in [4.78, 5) is 20.9. The standard InChI is InChI=1S/C58H37N3.C56H35N3/c1-4-14-38(15-5-1)43-26-31-50-44(34-43)28-33-54-56(50)55-49-21-11-10-20-41(49)27-32-53(55)61(54)48-29-24-42(25-30-48)58-59-52-23-13-12-22-51(52)57(60-58)47-36-45(39-16-6-2-7-17-39)35-46(37-47)40-18-8-3-9-19-40;1-2-13-36(14-3-1)37-25-27-40(28-26-37)55-48-22-10-11-24-50(48)57-56(58-55)41-29-32-42(33-30-41)59-51-34-31-39-16-5-7-19-44(39)53(51)54-47-21-9-8-20-46(47)49(35-52(54)59)45-23-12-17-38-15-4-6-18-43(38)45/h1-37H;1-35H. The predicted octanol–water partition coefficient (Wildman–Crippen LogP) is 30.2. The third kappa shape index (κ3) is 12.0. The van der Waals surface area contributed by atoms with Crippen LogP contribution in [0.15, 0.2) is 437 Å². The highest BCUT2D eigenvalue weighted by atomic mass is 15.0. The third-order valence-corrected chi connectivity index (χ3v) is 24.1. The van der Waals surface area contributed by atoms with Gasteiger partial charge in [-0.25, -0.2) is 19.9 Å². The zero-order chi connectivity index (χ0) is 79.1. The molecule has 0 spiro atoms. The minimum Gasteiger partial charge on any atom is -0.309 e. The van der Waals surface area contributed by atoms with Crippen LogP contribution < -0.4 is 0 Å². The Bertz CT molecular complexity index is 8100. The van der Waals surface area contributed by atoms with Gasteiger partial charge in [-0.15, -0.1) is 0 Å². The van der Waals surface area contributed by atoms with Crippen molar-refractivity contribution in [2.75, 3.05) is 0 Å². The van der Waals surface area contributed by atoms with Crippen molar-refractivity contribution in [1.29, 1.82) is 0 Å². The molecule has 0 saturated heterocycles. The first kappa shape index (κ1) is 69.5. The second-order valence-corrected chi connectivity index (χ2v) is 31.1. The average molecular weight is 1530 g/mol. The molecule has 0 amide bonds. The zero-order valence-corrected chi connectivity index (χ0v) is 65.3. The summed E-state index contributed by atoms with van der Waals surface area (Å²) in [6.07, 6.45) is 0. The highest BCUT2D eigenvalue weighted by molar-refractivity contribution is 6.31. The molecule has 0 N–H and O–H groups in total. The van der Waals surface area contributed by atoms with E-state index in [0.29, 0.717) is 11.6 Å². The number of hydrogen-bond acceptors (Lipinski definition) is 4. The van der Waals surface area contributed by atoms with Gasteiger partial charge >= 0.3 is 0 Å². The van der Waals surface area contributed by atoms with E-state index in [1.165, 1.54) is 142 Å². The summed E-state index contributed by atoms with van der Waals surface area (Å²) < 4.78 is 4.86. The lowest BCUT2D eigenvalue weighted by molar-refractivity contribution is 1.17. The molecule has 558 valence electrons. The Hall–Kier alpha value is -16.0. The topological polar surface area (TPSA) is 61.4 Å². The maximum absolute atomic E-state index is 5.38. The molecule has 4 aromatic heterocycles. The molecule has 0 unspecified atom stereocenters. The molecule has 6 heteroatoms. The van der Waals surface area contributed by atoms with Gasteiger partial charge in [0, 0.05) is 65.9 Å². The molecule has 24 rings (SSSR count). The van der Waals surface area contributed by atoms with Crippen molar-refractivity contribution < 1.29 is 0 Å². The molecule has 0 aliphatic carbocycles. The summed E-state index contributed by atoms with van der Waals surface area (Å²) in [6.45, 7) is 0. The lowest BCUT2D eigenvalue weighted by atomic mass is 9.91. The Labute approximate surface area is 692 Å². The molecule has 0 radical (unpaired) electrons. The van der Waals surface area contributed by atoms with Crippen molar-refractivity contribution in [3.05, 3.63) is 437 Å². The first-order valence-electron chi connectivity index (χ1n) is 41.0. The van der Waals surface area contributed by atoms with Crippen LogP contribution in [0.25, 0.3) is 232 Å². The Morgan fingerprint density at radius 1 is 0.158 bits per heavy atom. The second kappa shape index (κ2) is 29.1. The molecule has 4 heterocycles. The normalized spacial score (nSPS) is 11.7. The number of nitrogens with zero attached hydrogens (tertiary/aromatic N) is 6. The van der Waals surface area contributed by atoms with Crippen molar-refractivity contribution in [2.45, 2.75) is 0 Å². The largest absolute Gasteiger partial charge is 0.309 e. The summed E-state index contributed by atoms with van der Waals surface area (Å²) in [5.74, 6) is 1.40. The lowest BCUT2D eigenvalue weighted by Gasteiger charge is -2.14. The van der Waals surface area contributed by atoms with Crippen LogP contribution in [0.1, 0.15) is 0 Å². The quantitative estimate of drug-likeness (QED) is 0.129. The van der Waals surface area contributed by atoms with E-state index in [0.717, 1.165) is 77.9 Å². The van der Waals surface area contributed by atoms with Crippen molar-refractivity contribution in [2.24, 2.45) is 0 Å². The van der Waals surface area contributed by atoms with Crippen LogP contribution in [0, 0.1) is 0 Å². The molecule has 0 aliphatic heterocycles. The summed E-state index contributed by atoms with van der Waals surface area (Å²) in [5.41, 5.74) is 26.5. The molecule has 0 fully saturated rings. The van der Waals surface area contributed by atoms with Gasteiger partial charge in [-0.2, -0.15) is 0 Å². The molecule has 0 bridgehead atoms. The van der Waals surface area contributed by atoms with Crippen LogP contribution in [0.2, 0.25) is 0 Å². The van der Waals surface area contributed by atoms with E-state index in [1.807, 2.05) is 6.07 Å². The van der Waals surface area contributed by atoms with Crippen LogP contribution in [-0.4, -0.2) is 29.1 Å². The average Bonchev–Trinajstić information content (AvgIpc) is 1.55. The fraction of sp³-hybridized carbons (Fsp3) is 0. The van der Waals surface area contributed by atoms with Gasteiger partial charge in [0.25, 0.3) is 0 Å². The van der Waals surface area contributed by atoms with E-state index in [1.54, 1.807) is 0 Å². The van der Waals surface area contributed by atoms with Gasteiger partial charge in [-0.05, 0) is 219 Å². The molecule has 0 atom stereocenters. The minimum absolute atomic E-state index is 0.694. The van der Waals surface area contributed by atoms with Gasteiger partial charge < -0.3 is 9.13 Å². The molecule has 6 nitrogen and oxygen atoms in total. The number of hydrogen-bond donors (Lipinski definition) is 0. The van der Waals surface area contributed by atoms with Gasteiger partial charge in [0.15, 0.2) is 11.6 Å². The Kier molecular flexibility index (Phi) is 16.8. The molecular formula is C114H72N6. The van der Waals surface area contributed by atoms with Gasteiger partial charge in [0.05, 0.1) is 44.5 Å². The molecular weight excluding hydrogens is 1450 g/mol. The smallest absolute Gasteiger partial charge is 0.160 e. The molecule has 24 aromatic rings. The van der Waals surface area contributed by atoms with Gasteiger partial charge in [-0.1, -0.05) is 328 Å². The van der Waals surface area contributed by atoms with Crippen LogP contribution >= 0.6 is 0 Å². The zero-order valence-electron chi connectivity index (χ0n) is 65.3. The van der Waals surface area contributed by atoms with E-state index in [2.05, 4.69) is 440 Å². The highest BCUT2D eigenvalue weighted by Crippen LogP contribution is 2.48. The summed E-state index contributed by atoms with van der Waals surface area (Å²) in [6, 6.07) is 157. The fourth-order valence-corrected chi connectivity index (χ4v) is 18.5. The Morgan fingerprint density at radius 2 is 0.500 bits per heavy atom. The number of rotatable bonds is 11. The van der Waals surface area contributed by atoms with Crippen molar-refractivity contribution in [1.82, 2.24) is 29.1 Å². The first-order chi connectivity index (χ1) is 59.5. The highest BCUT2D eigenvalue weighted by Gasteiger charge is 2.24. The van der Waals surface area contributed by atoms with Crippen molar-refractivity contribution in [3.8, 4) is 112 Å². The monoisotopic (exact) mass is 1520 g/mol. The van der Waals surface area contributed by atoms with Gasteiger partial charge in [-0.3, -0.25) is 0 Å².